The van der Waals surface area contributed by atoms with Crippen LogP contribution in [0, 0.1) is 0 Å². The molecule has 2 atom stereocenters. The van der Waals surface area contributed by atoms with Gasteiger partial charge in [-0.25, -0.2) is 0 Å². The smallest absolute Gasteiger partial charge is 0.141 e. The van der Waals surface area contributed by atoms with Crippen LogP contribution in [-0.2, 0) is 0 Å². The number of allylic oxidation sites excluding steroid dienone is 2. The van der Waals surface area contributed by atoms with Gasteiger partial charge in [0.2, 0.25) is 0 Å². The average Bonchev–Trinajstić information content (AvgIpc) is 3.70. The van der Waals surface area contributed by atoms with Crippen molar-refractivity contribution >= 4 is 59.6 Å². The first-order valence-electron chi connectivity index (χ1n) is 20.5. The third-order valence-electron chi connectivity index (χ3n) is 12.5. The Morgan fingerprint density at radius 2 is 0.797 bits per heavy atom. The van der Waals surface area contributed by atoms with Crippen LogP contribution >= 0.6 is 0 Å². The van der Waals surface area contributed by atoms with E-state index in [4.69, 9.17) is 4.99 Å². The van der Waals surface area contributed by atoms with Gasteiger partial charge in [0, 0.05) is 6.20 Å². The second-order valence-electron chi connectivity index (χ2n) is 15.7. The van der Waals surface area contributed by atoms with E-state index in [-0.39, 0.29) is 12.2 Å². The van der Waals surface area contributed by atoms with Gasteiger partial charge < -0.3 is 4.90 Å². The standard InChI is InChI=1S/C57H38N2/c1-2-17-40(18-3-1)57-56(58-51-28-14-15-35-59(51)57)39-32-30-38(31-33-39)52-43-20-6-10-24-47(43)54(48-25-11-7-21-44(48)52)55-49-26-12-8-22-45(49)53(46-23-9-13-27-50(46)55)42-34-29-37-16-4-5-19-41(37)36-42/h1-36,51,57H. The van der Waals surface area contributed by atoms with Gasteiger partial charge in [0.05, 0.1) is 11.8 Å². The molecule has 0 amide bonds. The van der Waals surface area contributed by atoms with Gasteiger partial charge in [0.1, 0.15) is 6.17 Å². The van der Waals surface area contributed by atoms with Crippen molar-refractivity contribution in [3.63, 3.8) is 0 Å². The SMILES string of the molecule is C1=CC2N=C(c3ccc(-c4c5ccccc5c(-c5c6ccccc6c(-c6ccc7ccccc7c6)c6ccccc56)c5ccccc45)cc3)C(c3ccccc3)N2C=C1. The molecule has 2 aliphatic rings. The molecular formula is C57H38N2. The summed E-state index contributed by atoms with van der Waals surface area (Å²) in [6.45, 7) is 0. The van der Waals surface area contributed by atoms with Crippen LogP contribution < -0.4 is 0 Å². The van der Waals surface area contributed by atoms with Crippen LogP contribution in [0.5, 0.6) is 0 Å². The zero-order chi connectivity index (χ0) is 38.9. The van der Waals surface area contributed by atoms with Gasteiger partial charge in [-0.05, 0) is 117 Å². The summed E-state index contributed by atoms with van der Waals surface area (Å²) in [5.74, 6) is 0. The van der Waals surface area contributed by atoms with Crippen molar-refractivity contribution in [2.45, 2.75) is 12.2 Å². The van der Waals surface area contributed by atoms with Crippen molar-refractivity contribution in [2.24, 2.45) is 4.99 Å². The Labute approximate surface area is 343 Å². The van der Waals surface area contributed by atoms with Crippen molar-refractivity contribution in [1.82, 2.24) is 4.90 Å². The third kappa shape index (κ3) is 5.30. The van der Waals surface area contributed by atoms with E-state index in [9.17, 15) is 0 Å². The highest BCUT2D eigenvalue weighted by Crippen LogP contribution is 2.50. The quantitative estimate of drug-likeness (QED) is 0.160. The van der Waals surface area contributed by atoms with Gasteiger partial charge in [0.15, 0.2) is 0 Å². The fourth-order valence-electron chi connectivity index (χ4n) is 9.97. The molecule has 0 saturated heterocycles. The highest BCUT2D eigenvalue weighted by atomic mass is 15.3. The minimum absolute atomic E-state index is 0.00545. The average molecular weight is 751 g/mol. The molecule has 10 aromatic rings. The van der Waals surface area contributed by atoms with Crippen LogP contribution in [0.25, 0.3) is 87.2 Å². The number of rotatable bonds is 5. The van der Waals surface area contributed by atoms with E-state index in [1.807, 2.05) is 0 Å². The van der Waals surface area contributed by atoms with Crippen LogP contribution in [0.2, 0.25) is 0 Å². The second kappa shape index (κ2) is 13.5. The normalized spacial score (nSPS) is 16.1. The number of benzene rings is 10. The van der Waals surface area contributed by atoms with E-state index in [0.29, 0.717) is 0 Å². The molecule has 2 unspecified atom stereocenters. The molecule has 0 spiro atoms. The van der Waals surface area contributed by atoms with E-state index in [1.54, 1.807) is 0 Å². The van der Waals surface area contributed by atoms with E-state index in [0.717, 1.165) is 11.3 Å². The predicted octanol–water partition coefficient (Wildman–Crippen LogP) is 14.7. The van der Waals surface area contributed by atoms with Crippen molar-refractivity contribution in [3.05, 3.63) is 230 Å². The minimum Gasteiger partial charge on any atom is -0.340 e. The van der Waals surface area contributed by atoms with Crippen LogP contribution in [-0.4, -0.2) is 16.8 Å². The lowest BCUT2D eigenvalue weighted by Gasteiger charge is -2.29. The number of hydrogen-bond acceptors (Lipinski definition) is 2. The van der Waals surface area contributed by atoms with Gasteiger partial charge in [-0.2, -0.15) is 0 Å². The maximum atomic E-state index is 5.28. The first-order chi connectivity index (χ1) is 29.3. The zero-order valence-electron chi connectivity index (χ0n) is 32.3. The summed E-state index contributed by atoms with van der Waals surface area (Å²) in [7, 11) is 0. The van der Waals surface area contributed by atoms with Crippen molar-refractivity contribution in [3.8, 4) is 33.4 Å². The summed E-state index contributed by atoms with van der Waals surface area (Å²) in [6.07, 6.45) is 8.56. The first-order valence-corrected chi connectivity index (χ1v) is 20.5. The van der Waals surface area contributed by atoms with Crippen molar-refractivity contribution in [1.29, 1.82) is 0 Å². The molecule has 10 aromatic carbocycles. The van der Waals surface area contributed by atoms with Crippen molar-refractivity contribution < 1.29 is 0 Å². The van der Waals surface area contributed by atoms with Crippen LogP contribution in [0.4, 0.5) is 0 Å². The maximum Gasteiger partial charge on any atom is 0.141 e. The lowest BCUT2D eigenvalue weighted by Crippen LogP contribution is -2.29. The van der Waals surface area contributed by atoms with E-state index >= 15 is 0 Å². The van der Waals surface area contributed by atoms with Gasteiger partial charge >= 0.3 is 0 Å². The molecule has 2 heteroatoms. The van der Waals surface area contributed by atoms with E-state index in [2.05, 4.69) is 223 Å². The summed E-state index contributed by atoms with van der Waals surface area (Å²) in [5.41, 5.74) is 11.0. The molecule has 2 aliphatic heterocycles. The molecule has 0 saturated carbocycles. The Bertz CT molecular complexity index is 3280. The second-order valence-corrected chi connectivity index (χ2v) is 15.7. The topological polar surface area (TPSA) is 15.6 Å². The number of aliphatic imine (C=N–C) groups is 1. The molecule has 2 nitrogen and oxygen atoms in total. The molecule has 0 aliphatic carbocycles. The van der Waals surface area contributed by atoms with E-state index in [1.165, 1.54) is 92.8 Å². The Morgan fingerprint density at radius 1 is 0.356 bits per heavy atom. The Morgan fingerprint density at radius 3 is 1.36 bits per heavy atom. The molecule has 0 N–H and O–H groups in total. The predicted molar refractivity (Wildman–Crippen MR) is 250 cm³/mol. The number of nitrogens with zero attached hydrogens (tertiary/aromatic N) is 2. The molecule has 276 valence electrons. The molecular weight excluding hydrogens is 713 g/mol. The molecule has 2 heterocycles. The van der Waals surface area contributed by atoms with Crippen LogP contribution in [0.15, 0.2) is 224 Å². The largest absolute Gasteiger partial charge is 0.340 e. The summed E-state index contributed by atoms with van der Waals surface area (Å²) >= 11 is 0. The molecule has 12 rings (SSSR count). The van der Waals surface area contributed by atoms with E-state index < -0.39 is 0 Å². The van der Waals surface area contributed by atoms with Gasteiger partial charge in [0.25, 0.3) is 0 Å². The zero-order valence-corrected chi connectivity index (χ0v) is 32.3. The molecule has 0 aromatic heterocycles. The Kier molecular flexibility index (Phi) is 7.71. The molecule has 0 fully saturated rings. The fraction of sp³-hybridized carbons (Fsp3) is 0.0351. The van der Waals surface area contributed by atoms with Gasteiger partial charge in [-0.15, -0.1) is 0 Å². The highest BCUT2D eigenvalue weighted by Gasteiger charge is 2.35. The molecule has 0 radical (unpaired) electrons. The monoisotopic (exact) mass is 750 g/mol. The summed E-state index contributed by atoms with van der Waals surface area (Å²) in [5, 5.41) is 12.5. The third-order valence-corrected chi connectivity index (χ3v) is 12.5. The summed E-state index contributed by atoms with van der Waals surface area (Å²) in [4.78, 5) is 7.64. The summed E-state index contributed by atoms with van der Waals surface area (Å²) in [6, 6.07) is 71.6. The van der Waals surface area contributed by atoms with Crippen molar-refractivity contribution in [2.75, 3.05) is 0 Å². The number of hydrogen-bond donors (Lipinski definition) is 0. The van der Waals surface area contributed by atoms with Gasteiger partial charge in [-0.3, -0.25) is 4.99 Å². The molecule has 59 heavy (non-hydrogen) atoms. The maximum absolute atomic E-state index is 5.28. The lowest BCUT2D eigenvalue weighted by molar-refractivity contribution is 0.321. The fourth-order valence-corrected chi connectivity index (χ4v) is 9.97. The lowest BCUT2D eigenvalue weighted by atomic mass is 9.81. The molecule has 0 bridgehead atoms. The first kappa shape index (κ1) is 33.6. The number of fused-ring (bicyclic) bond motifs is 6. The Hall–Kier alpha value is -7.55. The van der Waals surface area contributed by atoms with Gasteiger partial charge in [-0.1, -0.05) is 194 Å². The summed E-state index contributed by atoms with van der Waals surface area (Å²) < 4.78 is 0. The Balaban J connectivity index is 1.07. The minimum atomic E-state index is -0.00545. The highest BCUT2D eigenvalue weighted by molar-refractivity contribution is 6.30. The van der Waals surface area contributed by atoms with Crippen LogP contribution in [0.3, 0.4) is 0 Å². The van der Waals surface area contributed by atoms with Crippen LogP contribution in [0.1, 0.15) is 17.2 Å².